The lowest BCUT2D eigenvalue weighted by Crippen LogP contribution is -2.66. The molecule has 1 atom stereocenters. The average molecular weight is 343 g/mol. The molecule has 1 fully saturated rings. The smallest absolute Gasteiger partial charge is 0.137 e. The van der Waals surface area contributed by atoms with Crippen molar-refractivity contribution in [2.45, 2.75) is 51.7 Å². The Bertz CT molecular complexity index is 489. The van der Waals surface area contributed by atoms with Gasteiger partial charge in [-0.1, -0.05) is 13.0 Å². The van der Waals surface area contributed by atoms with Crippen molar-refractivity contribution in [2.75, 3.05) is 13.1 Å². The Labute approximate surface area is 129 Å². The van der Waals surface area contributed by atoms with Crippen molar-refractivity contribution in [2.24, 2.45) is 0 Å². The summed E-state index contributed by atoms with van der Waals surface area (Å²) in [5.41, 5.74) is 1.41. The van der Waals surface area contributed by atoms with Gasteiger partial charge < -0.3 is 5.32 Å². The molecule has 1 aromatic rings. The molecule has 1 N–H and O–H groups in total. The second-order valence-corrected chi connectivity index (χ2v) is 7.54. The number of halogens is 2. The minimum Gasteiger partial charge on any atom is -0.308 e. The third-order valence-corrected chi connectivity index (χ3v) is 5.09. The summed E-state index contributed by atoms with van der Waals surface area (Å²) < 4.78 is 13.9. The molecule has 1 heterocycles. The summed E-state index contributed by atoms with van der Waals surface area (Å²) in [5.74, 6) is -0.202. The zero-order valence-corrected chi connectivity index (χ0v) is 14.3. The van der Waals surface area contributed by atoms with Crippen LogP contribution in [0.25, 0.3) is 0 Å². The number of hydrogen-bond acceptors (Lipinski definition) is 2. The summed E-state index contributed by atoms with van der Waals surface area (Å²) in [7, 11) is 0. The maximum atomic E-state index is 13.3. The highest BCUT2D eigenvalue weighted by Gasteiger charge is 2.38. The topological polar surface area (TPSA) is 15.3 Å². The van der Waals surface area contributed by atoms with Gasteiger partial charge in [-0.25, -0.2) is 4.39 Å². The van der Waals surface area contributed by atoms with Gasteiger partial charge in [0, 0.05) is 30.7 Å². The van der Waals surface area contributed by atoms with Crippen LogP contribution in [-0.4, -0.2) is 29.1 Å². The molecular formula is C16H24BrFN2. The van der Waals surface area contributed by atoms with E-state index in [4.69, 9.17) is 0 Å². The van der Waals surface area contributed by atoms with E-state index in [1.807, 2.05) is 12.1 Å². The zero-order valence-electron chi connectivity index (χ0n) is 12.8. The lowest BCUT2D eigenvalue weighted by Gasteiger charge is -2.50. The molecule has 112 valence electrons. The molecule has 0 bridgehead atoms. The van der Waals surface area contributed by atoms with Crippen molar-refractivity contribution >= 4 is 15.9 Å². The molecule has 0 amide bonds. The molecule has 1 aliphatic heterocycles. The van der Waals surface area contributed by atoms with Crippen LogP contribution >= 0.6 is 15.9 Å². The highest BCUT2D eigenvalue weighted by Crippen LogP contribution is 2.28. The Kier molecular flexibility index (Phi) is 4.57. The van der Waals surface area contributed by atoms with Gasteiger partial charge in [0.25, 0.3) is 0 Å². The van der Waals surface area contributed by atoms with Crippen LogP contribution in [0.2, 0.25) is 0 Å². The van der Waals surface area contributed by atoms with E-state index < -0.39 is 0 Å². The van der Waals surface area contributed by atoms with Gasteiger partial charge in [-0.05, 0) is 60.8 Å². The summed E-state index contributed by atoms with van der Waals surface area (Å²) >= 11 is 3.27. The zero-order chi connectivity index (χ0) is 15.0. The number of benzene rings is 1. The molecule has 0 spiro atoms. The molecule has 0 aliphatic carbocycles. The average Bonchev–Trinajstić information content (AvgIpc) is 2.39. The molecule has 0 radical (unpaired) electrons. The van der Waals surface area contributed by atoms with Crippen molar-refractivity contribution in [1.82, 2.24) is 10.2 Å². The molecule has 20 heavy (non-hydrogen) atoms. The van der Waals surface area contributed by atoms with Crippen molar-refractivity contribution in [3.63, 3.8) is 0 Å². The second-order valence-electron chi connectivity index (χ2n) is 6.68. The minimum absolute atomic E-state index is 0.107. The van der Waals surface area contributed by atoms with E-state index in [0.29, 0.717) is 4.47 Å². The Morgan fingerprint density at radius 2 is 2.05 bits per heavy atom. The van der Waals surface area contributed by atoms with E-state index in [1.165, 1.54) is 6.07 Å². The Hall–Kier alpha value is -0.450. The maximum absolute atomic E-state index is 13.3. The fourth-order valence-corrected chi connectivity index (χ4v) is 3.02. The van der Waals surface area contributed by atoms with Crippen molar-refractivity contribution < 1.29 is 4.39 Å². The fraction of sp³-hybridized carbons (Fsp3) is 0.625. The van der Waals surface area contributed by atoms with Gasteiger partial charge in [-0.15, -0.1) is 0 Å². The summed E-state index contributed by atoms with van der Waals surface area (Å²) in [6, 6.07) is 5.30. The number of hydrogen-bond donors (Lipinski definition) is 1. The molecule has 2 rings (SSSR count). The van der Waals surface area contributed by atoms with E-state index in [1.54, 1.807) is 0 Å². The minimum atomic E-state index is -0.202. The van der Waals surface area contributed by atoms with Crippen LogP contribution in [0.3, 0.4) is 0 Å². The molecule has 1 aromatic carbocycles. The number of nitrogens with one attached hydrogen (secondary N) is 1. The third-order valence-electron chi connectivity index (χ3n) is 4.48. The van der Waals surface area contributed by atoms with Gasteiger partial charge in [-0.2, -0.15) is 0 Å². The first-order valence-corrected chi connectivity index (χ1v) is 7.99. The second kappa shape index (κ2) is 5.74. The number of nitrogens with zero attached hydrogens (tertiary/aromatic N) is 1. The van der Waals surface area contributed by atoms with Crippen LogP contribution in [-0.2, 0) is 6.54 Å². The molecular weight excluding hydrogens is 319 g/mol. The van der Waals surface area contributed by atoms with E-state index in [9.17, 15) is 4.39 Å². The summed E-state index contributed by atoms with van der Waals surface area (Å²) in [6.07, 6.45) is 1.10. The Balaban J connectivity index is 2.18. The van der Waals surface area contributed by atoms with Crippen LogP contribution in [0.1, 0.15) is 39.7 Å². The van der Waals surface area contributed by atoms with E-state index in [-0.39, 0.29) is 16.9 Å². The lowest BCUT2D eigenvalue weighted by molar-refractivity contribution is 0.0246. The van der Waals surface area contributed by atoms with Gasteiger partial charge in [0.15, 0.2) is 0 Å². The molecule has 0 aromatic heterocycles. The van der Waals surface area contributed by atoms with Crippen LogP contribution in [0, 0.1) is 5.82 Å². The molecule has 4 heteroatoms. The molecule has 0 saturated carbocycles. The van der Waals surface area contributed by atoms with Crippen LogP contribution < -0.4 is 5.32 Å². The molecule has 1 unspecified atom stereocenters. The van der Waals surface area contributed by atoms with Crippen LogP contribution in [0.5, 0.6) is 0 Å². The highest BCUT2D eigenvalue weighted by atomic mass is 79.9. The standard InChI is InChI=1S/C16H24BrFN2/c1-5-16(4)11-20(15(2,3)10-19-16)9-12-6-7-14(18)13(17)8-12/h6-8,19H,5,9-11H2,1-4H3. The largest absolute Gasteiger partial charge is 0.308 e. The predicted molar refractivity (Wildman–Crippen MR) is 85.3 cm³/mol. The Morgan fingerprint density at radius 1 is 1.35 bits per heavy atom. The molecule has 1 aliphatic rings. The molecule has 1 saturated heterocycles. The number of piperazine rings is 1. The van der Waals surface area contributed by atoms with Crippen LogP contribution in [0.4, 0.5) is 4.39 Å². The maximum Gasteiger partial charge on any atom is 0.137 e. The first kappa shape index (κ1) is 15.9. The summed E-state index contributed by atoms with van der Waals surface area (Å²) in [6.45, 7) is 11.8. The molecule has 2 nitrogen and oxygen atoms in total. The quantitative estimate of drug-likeness (QED) is 0.894. The predicted octanol–water partition coefficient (Wildman–Crippen LogP) is 3.94. The van der Waals surface area contributed by atoms with Gasteiger partial charge in [0.2, 0.25) is 0 Å². The Morgan fingerprint density at radius 3 is 2.65 bits per heavy atom. The van der Waals surface area contributed by atoms with Gasteiger partial charge >= 0.3 is 0 Å². The van der Waals surface area contributed by atoms with Gasteiger partial charge in [0.05, 0.1) is 4.47 Å². The highest BCUT2D eigenvalue weighted by molar-refractivity contribution is 9.10. The first-order chi connectivity index (χ1) is 9.26. The van der Waals surface area contributed by atoms with E-state index in [0.717, 1.165) is 31.6 Å². The third kappa shape index (κ3) is 3.41. The summed E-state index contributed by atoms with van der Waals surface area (Å²) in [5, 5.41) is 3.66. The normalized spacial score (nSPS) is 26.7. The van der Waals surface area contributed by atoms with E-state index in [2.05, 4.69) is 53.8 Å². The van der Waals surface area contributed by atoms with Crippen molar-refractivity contribution in [3.05, 3.63) is 34.1 Å². The first-order valence-electron chi connectivity index (χ1n) is 7.20. The van der Waals surface area contributed by atoms with Gasteiger partial charge in [-0.3, -0.25) is 4.90 Å². The number of rotatable bonds is 3. The van der Waals surface area contributed by atoms with Gasteiger partial charge in [0.1, 0.15) is 5.82 Å². The van der Waals surface area contributed by atoms with Crippen molar-refractivity contribution in [1.29, 1.82) is 0 Å². The van der Waals surface area contributed by atoms with Crippen molar-refractivity contribution in [3.8, 4) is 0 Å². The monoisotopic (exact) mass is 342 g/mol. The SMILES string of the molecule is CCC1(C)CN(Cc2ccc(F)c(Br)c2)C(C)(C)CN1. The van der Waals surface area contributed by atoms with Crippen LogP contribution in [0.15, 0.2) is 22.7 Å². The van der Waals surface area contributed by atoms with E-state index >= 15 is 0 Å². The fourth-order valence-electron chi connectivity index (χ4n) is 2.60. The lowest BCUT2D eigenvalue weighted by atomic mass is 9.88. The summed E-state index contributed by atoms with van der Waals surface area (Å²) in [4.78, 5) is 2.49.